The van der Waals surface area contributed by atoms with E-state index in [4.69, 9.17) is 0 Å². The van der Waals surface area contributed by atoms with Gasteiger partial charge in [-0.25, -0.2) is 0 Å². The molecule has 0 aliphatic rings. The van der Waals surface area contributed by atoms with Crippen LogP contribution in [0.5, 0.6) is 0 Å². The van der Waals surface area contributed by atoms with Gasteiger partial charge in [0.25, 0.3) is 0 Å². The Kier molecular flexibility index (Phi) is 13.9. The van der Waals surface area contributed by atoms with Crippen molar-refractivity contribution < 1.29 is 53.7 Å². The Labute approximate surface area is 223 Å². The molecule has 0 saturated heterocycles. The Balaban J connectivity index is 0.00000578. The van der Waals surface area contributed by atoms with E-state index in [2.05, 4.69) is 15.7 Å². The number of amides is 1. The van der Waals surface area contributed by atoms with Gasteiger partial charge in [-0.2, -0.15) is 0 Å². The maximum atomic E-state index is 12.7. The van der Waals surface area contributed by atoms with Crippen LogP contribution in [0.1, 0.15) is 37.8 Å². The fourth-order valence-electron chi connectivity index (χ4n) is 3.41. The van der Waals surface area contributed by atoms with Gasteiger partial charge in [0.2, 0.25) is 5.91 Å². The van der Waals surface area contributed by atoms with Crippen molar-refractivity contribution in [2.24, 2.45) is 5.92 Å². The summed E-state index contributed by atoms with van der Waals surface area (Å²) >= 11 is 0. The number of hydrogen-bond donors (Lipinski definition) is 4. The van der Waals surface area contributed by atoms with Crippen LogP contribution >= 0.6 is 7.52 Å². The summed E-state index contributed by atoms with van der Waals surface area (Å²) in [5, 5.41) is 17.5. The number of aryl methyl sites for hydroxylation is 1. The molecule has 2 rings (SSSR count). The van der Waals surface area contributed by atoms with E-state index in [0.29, 0.717) is 12.8 Å². The second kappa shape index (κ2) is 15.5. The zero-order valence-corrected chi connectivity index (χ0v) is 23.0. The van der Waals surface area contributed by atoms with Crippen LogP contribution in [0.3, 0.4) is 0 Å². The second-order valence-electron chi connectivity index (χ2n) is 8.48. The minimum atomic E-state index is -4.24. The Morgan fingerprint density at radius 3 is 2.09 bits per heavy atom. The van der Waals surface area contributed by atoms with E-state index in [-0.39, 0.29) is 54.2 Å². The molecule has 180 valence electrons. The molecule has 2 aromatic carbocycles. The molecule has 34 heavy (non-hydrogen) atoms. The summed E-state index contributed by atoms with van der Waals surface area (Å²) < 4.78 is 12.7. The quantitative estimate of drug-likeness (QED) is 0.157. The van der Waals surface area contributed by atoms with Crippen molar-refractivity contribution >= 4 is 19.4 Å². The van der Waals surface area contributed by atoms with Crippen LogP contribution in [-0.4, -0.2) is 35.5 Å². The zero-order chi connectivity index (χ0) is 24.3. The van der Waals surface area contributed by atoms with Gasteiger partial charge in [0.15, 0.2) is 0 Å². The van der Waals surface area contributed by atoms with Crippen molar-refractivity contribution in [3.8, 4) is 0 Å². The molecule has 8 nitrogen and oxygen atoms in total. The van der Waals surface area contributed by atoms with Crippen LogP contribution < -0.4 is 50.2 Å². The van der Waals surface area contributed by atoms with Gasteiger partial charge in [-0.1, -0.05) is 74.5 Å². The van der Waals surface area contributed by atoms with Gasteiger partial charge in [0, 0.05) is 12.8 Å². The Morgan fingerprint density at radius 2 is 1.56 bits per heavy atom. The Morgan fingerprint density at radius 1 is 1.00 bits per heavy atom. The third-order valence-electron chi connectivity index (χ3n) is 5.01. The molecular weight excluding hydrogens is 464 g/mol. The van der Waals surface area contributed by atoms with E-state index in [1.54, 1.807) is 0 Å². The Hall–Kier alpha value is -1.51. The average Bonchev–Trinajstić information content (AvgIpc) is 2.76. The molecule has 0 aliphatic carbocycles. The summed E-state index contributed by atoms with van der Waals surface area (Å²) in [4.78, 5) is 36.5. The van der Waals surface area contributed by atoms with E-state index in [9.17, 15) is 24.2 Å². The van der Waals surface area contributed by atoms with Crippen LogP contribution in [0.15, 0.2) is 60.7 Å². The first-order chi connectivity index (χ1) is 15.6. The van der Waals surface area contributed by atoms with Crippen molar-refractivity contribution in [3.63, 3.8) is 0 Å². The molecule has 3 unspecified atom stereocenters. The molecule has 4 N–H and O–H groups in total. The van der Waals surface area contributed by atoms with Crippen molar-refractivity contribution in [2.75, 3.05) is 6.29 Å². The molecule has 0 radical (unpaired) electrons. The van der Waals surface area contributed by atoms with E-state index in [1.165, 1.54) is 0 Å². The van der Waals surface area contributed by atoms with Gasteiger partial charge in [0.05, 0.1) is 20.0 Å². The number of nitrogens with one attached hydrogen (secondary N) is 3. The predicted molar refractivity (Wildman–Crippen MR) is 126 cm³/mol. The number of hydrogen-bond acceptors (Lipinski definition) is 5. The summed E-state index contributed by atoms with van der Waals surface area (Å²) in [6, 6.07) is 17.8. The molecule has 1 amide bonds. The summed E-state index contributed by atoms with van der Waals surface area (Å²) in [5.41, 5.74) is 1.84. The smallest absolute Gasteiger partial charge is 0.787 e. The van der Waals surface area contributed by atoms with Gasteiger partial charge in [0.1, 0.15) is 6.04 Å². The first kappa shape index (κ1) is 30.5. The van der Waals surface area contributed by atoms with Gasteiger partial charge in [-0.05, 0) is 29.9 Å². The number of rotatable bonds is 14. The number of carbonyl (C=O) groups is 2. The fraction of sp³-hybridized carbons (Fsp3) is 0.417. The molecular formula is C24H33N3NaO5P. The largest absolute Gasteiger partial charge is 1.00 e. The maximum absolute atomic E-state index is 12.7. The molecule has 0 heterocycles. The molecule has 0 saturated carbocycles. The van der Waals surface area contributed by atoms with Crippen molar-refractivity contribution in [2.45, 2.75) is 51.7 Å². The van der Waals surface area contributed by atoms with Crippen LogP contribution in [0.4, 0.5) is 0 Å². The van der Waals surface area contributed by atoms with Crippen LogP contribution in [0.2, 0.25) is 0 Å². The molecule has 0 aromatic heterocycles. The third kappa shape index (κ3) is 12.3. The Bertz CT molecular complexity index is 931. The molecule has 3 atom stereocenters. The molecule has 10 heteroatoms. The molecule has 2 aromatic rings. The van der Waals surface area contributed by atoms with E-state index >= 15 is 0 Å². The standard InChI is InChI=1S/C24H34N3O5P.Na/c1-18(2)15-21(24(29)30)26-22(16-20-11-7-4-8-12-20)27-33(31,32)17-25-23(28)14-13-19-9-5-3-6-10-19;/h3-12,18,21-22,26H,13-17H2,1-2H3,(H,25,28)(H,29,30)(H2,27,31,32);/q;+1/p-1. The molecule has 0 bridgehead atoms. The summed E-state index contributed by atoms with van der Waals surface area (Å²) in [5.74, 6) is -1.30. The van der Waals surface area contributed by atoms with Gasteiger partial charge in [-0.15, -0.1) is 0 Å². The summed E-state index contributed by atoms with van der Waals surface area (Å²) in [6.45, 7) is 3.81. The monoisotopic (exact) mass is 497 g/mol. The number of carboxylic acids is 1. The minimum Gasteiger partial charge on any atom is -0.787 e. The predicted octanol–water partition coefficient (Wildman–Crippen LogP) is -0.502. The minimum absolute atomic E-state index is 0. The van der Waals surface area contributed by atoms with Crippen molar-refractivity contribution in [1.82, 2.24) is 15.7 Å². The number of carbonyl (C=O) groups excluding carboxylic acids is 1. The van der Waals surface area contributed by atoms with Crippen LogP contribution in [0.25, 0.3) is 0 Å². The second-order valence-corrected chi connectivity index (χ2v) is 10.4. The van der Waals surface area contributed by atoms with Gasteiger partial charge < -0.3 is 19.9 Å². The fourth-order valence-corrected chi connectivity index (χ4v) is 4.53. The normalized spacial score (nSPS) is 14.5. The number of aliphatic carboxylic acids is 1. The summed E-state index contributed by atoms with van der Waals surface area (Å²) in [6.07, 6.45) is -0.104. The first-order valence-corrected chi connectivity index (χ1v) is 12.9. The van der Waals surface area contributed by atoms with Gasteiger partial charge in [-0.3, -0.25) is 20.0 Å². The van der Waals surface area contributed by atoms with Crippen LogP contribution in [-0.2, 0) is 27.0 Å². The van der Waals surface area contributed by atoms with Crippen molar-refractivity contribution in [3.05, 3.63) is 71.8 Å². The SMILES string of the molecule is CC(C)CC(NC(Cc1ccccc1)NP(=O)([O-])CNC(=O)CCc1ccccc1)C(=O)O.[Na+]. The van der Waals surface area contributed by atoms with Gasteiger partial charge >= 0.3 is 35.5 Å². The zero-order valence-electron chi connectivity index (χ0n) is 20.1. The summed E-state index contributed by atoms with van der Waals surface area (Å²) in [7, 11) is -4.24. The molecule has 0 fully saturated rings. The van der Waals surface area contributed by atoms with E-state index in [0.717, 1.165) is 11.1 Å². The molecule has 0 spiro atoms. The number of carboxylic acid groups (broad SMARTS) is 1. The van der Waals surface area contributed by atoms with Crippen LogP contribution in [0, 0.1) is 5.92 Å². The average molecular weight is 498 g/mol. The van der Waals surface area contributed by atoms with Crippen molar-refractivity contribution in [1.29, 1.82) is 0 Å². The topological polar surface area (TPSA) is 131 Å². The van der Waals surface area contributed by atoms with E-state index < -0.39 is 32.0 Å². The third-order valence-corrected chi connectivity index (χ3v) is 6.29. The maximum Gasteiger partial charge on any atom is 1.00 e. The number of benzene rings is 2. The first-order valence-electron chi connectivity index (χ1n) is 11.1. The molecule has 0 aliphatic heterocycles. The van der Waals surface area contributed by atoms with E-state index in [1.807, 2.05) is 74.5 Å².